The Labute approximate surface area is 252 Å². The summed E-state index contributed by atoms with van der Waals surface area (Å²) < 4.78 is 45.4. The van der Waals surface area contributed by atoms with Crippen molar-refractivity contribution >= 4 is 26.9 Å². The third kappa shape index (κ3) is 5.06. The number of fused-ring (bicyclic) bond motifs is 1. The molecule has 226 valence electrons. The van der Waals surface area contributed by atoms with Gasteiger partial charge in [0.05, 0.1) is 29.0 Å². The van der Waals surface area contributed by atoms with Gasteiger partial charge in [-0.25, -0.2) is 17.9 Å². The fourth-order valence-electron chi connectivity index (χ4n) is 4.63. The van der Waals surface area contributed by atoms with Crippen LogP contribution in [-0.4, -0.2) is 57.2 Å². The van der Waals surface area contributed by atoms with Gasteiger partial charge in [0.2, 0.25) is 9.84 Å². The van der Waals surface area contributed by atoms with Gasteiger partial charge in [0.1, 0.15) is 16.3 Å². The van der Waals surface area contributed by atoms with Crippen molar-refractivity contribution in [3.63, 3.8) is 0 Å². The average molecular weight is 630 g/mol. The minimum Gasteiger partial charge on any atom is -0.497 e. The Bertz CT molecular complexity index is 2180. The van der Waals surface area contributed by atoms with Crippen LogP contribution in [0.15, 0.2) is 93.7 Å². The Hall–Kier alpha value is -6.23. The van der Waals surface area contributed by atoms with Crippen LogP contribution in [0.2, 0.25) is 0 Å². The van der Waals surface area contributed by atoms with Gasteiger partial charge in [-0.05, 0) is 42.0 Å². The van der Waals surface area contributed by atoms with Crippen LogP contribution in [0.5, 0.6) is 11.5 Å². The van der Waals surface area contributed by atoms with E-state index in [0.717, 1.165) is 7.11 Å². The molecule has 0 fully saturated rings. The number of pyridine rings is 1. The summed E-state index contributed by atoms with van der Waals surface area (Å²) in [6, 6.07) is 13.1. The van der Waals surface area contributed by atoms with Gasteiger partial charge in [-0.1, -0.05) is 5.16 Å². The molecule has 0 amide bonds. The third-order valence-corrected chi connectivity index (χ3v) is 8.54. The first-order valence-electron chi connectivity index (χ1n) is 12.8. The highest BCUT2D eigenvalue weighted by Gasteiger charge is 2.37. The number of methoxy groups -OCH3 is 2. The van der Waals surface area contributed by atoms with Gasteiger partial charge in [0.25, 0.3) is 5.75 Å². The Morgan fingerprint density at radius 2 is 1.53 bits per heavy atom. The van der Waals surface area contributed by atoms with E-state index >= 15 is 0 Å². The molecule has 4 heterocycles. The van der Waals surface area contributed by atoms with Gasteiger partial charge >= 0.3 is 11.4 Å². The lowest BCUT2D eigenvalue weighted by Gasteiger charge is -2.08. The number of aromatic nitrogens is 5. The van der Waals surface area contributed by atoms with E-state index in [0.29, 0.717) is 40.3 Å². The monoisotopic (exact) mass is 629 g/mol. The summed E-state index contributed by atoms with van der Waals surface area (Å²) in [5.41, 5.74) is -0.00371. The Morgan fingerprint density at radius 1 is 0.867 bits per heavy atom. The minimum absolute atomic E-state index is 0.0761. The summed E-state index contributed by atoms with van der Waals surface area (Å²) in [7, 11) is -2.28. The number of nitrogens with zero attached hydrogens (tertiary/aromatic N) is 7. The number of hydrogen-bond acceptors (Lipinski definition) is 13. The Morgan fingerprint density at radius 3 is 2.13 bits per heavy atom. The van der Waals surface area contributed by atoms with Crippen molar-refractivity contribution in [2.75, 3.05) is 14.2 Å². The molecule has 0 unspecified atom stereocenters. The maximum atomic E-state index is 14.3. The van der Waals surface area contributed by atoms with E-state index in [2.05, 4.69) is 20.2 Å². The number of nitro benzene ring substituents is 2. The van der Waals surface area contributed by atoms with Crippen molar-refractivity contribution in [3.05, 3.63) is 99.6 Å². The Balaban J connectivity index is 1.59. The van der Waals surface area contributed by atoms with Crippen molar-refractivity contribution in [1.82, 2.24) is 24.7 Å². The van der Waals surface area contributed by atoms with E-state index in [1.165, 1.54) is 30.1 Å². The first kappa shape index (κ1) is 28.9. The molecule has 2 aromatic carbocycles. The van der Waals surface area contributed by atoms with E-state index in [-0.39, 0.29) is 17.1 Å². The molecular formula is C28H19N7O9S. The van der Waals surface area contributed by atoms with E-state index in [1.807, 2.05) is 0 Å². The van der Waals surface area contributed by atoms with Crippen molar-refractivity contribution in [1.29, 1.82) is 0 Å². The lowest BCUT2D eigenvalue weighted by molar-refractivity contribution is -0.396. The van der Waals surface area contributed by atoms with Gasteiger partial charge in [-0.15, -0.1) is 0 Å². The largest absolute Gasteiger partial charge is 0.497 e. The van der Waals surface area contributed by atoms with Gasteiger partial charge in [0.15, 0.2) is 17.1 Å². The molecule has 0 aliphatic carbocycles. The predicted octanol–water partition coefficient (Wildman–Crippen LogP) is 4.78. The van der Waals surface area contributed by atoms with Crippen molar-refractivity contribution in [3.8, 4) is 45.3 Å². The molecule has 0 saturated carbocycles. The van der Waals surface area contributed by atoms with Crippen LogP contribution in [0.25, 0.3) is 39.5 Å². The summed E-state index contributed by atoms with van der Waals surface area (Å²) in [6.45, 7) is 0. The average Bonchev–Trinajstić information content (AvgIpc) is 3.70. The van der Waals surface area contributed by atoms with Crippen LogP contribution in [0.4, 0.5) is 11.4 Å². The quantitative estimate of drug-likeness (QED) is 0.156. The van der Waals surface area contributed by atoms with E-state index in [4.69, 9.17) is 14.0 Å². The van der Waals surface area contributed by atoms with Crippen LogP contribution in [0.1, 0.15) is 0 Å². The summed E-state index contributed by atoms with van der Waals surface area (Å²) in [5.74, 6) is -0.175. The number of benzene rings is 2. The third-order valence-electron chi connectivity index (χ3n) is 6.77. The van der Waals surface area contributed by atoms with Gasteiger partial charge in [-0.2, -0.15) is 5.10 Å². The maximum absolute atomic E-state index is 14.3. The molecule has 0 radical (unpaired) electrons. The van der Waals surface area contributed by atoms with Gasteiger partial charge < -0.3 is 14.0 Å². The summed E-state index contributed by atoms with van der Waals surface area (Å²) >= 11 is 0. The highest BCUT2D eigenvalue weighted by atomic mass is 32.2. The zero-order chi connectivity index (χ0) is 31.9. The summed E-state index contributed by atoms with van der Waals surface area (Å²) in [4.78, 5) is 28.8. The smallest absolute Gasteiger partial charge is 0.319 e. The molecule has 0 saturated heterocycles. The molecule has 0 spiro atoms. The second kappa shape index (κ2) is 11.1. The molecule has 0 atom stereocenters. The summed E-state index contributed by atoms with van der Waals surface area (Å²) in [5, 5.41) is 32.2. The van der Waals surface area contributed by atoms with Crippen LogP contribution in [0, 0.1) is 20.2 Å². The number of ether oxygens (including phenoxy) is 2. The fourth-order valence-corrected chi connectivity index (χ4v) is 6.18. The van der Waals surface area contributed by atoms with Crippen LogP contribution < -0.4 is 9.47 Å². The molecule has 45 heavy (non-hydrogen) atoms. The molecule has 0 bridgehead atoms. The lowest BCUT2D eigenvalue weighted by Crippen LogP contribution is -2.07. The molecule has 0 aliphatic heterocycles. The molecule has 0 aliphatic rings. The molecular weight excluding hydrogens is 610 g/mol. The standard InChI is InChI=1S/C28H19N7O9S/c1-42-19-5-3-17(4-6-19)21-13-24(44-32-21)25-27(28-30-14-18(15-33(28)31-25)16-7-9-29-10-8-16)45(40,41)20-11-22(34(36)37)26(43-2)23(12-20)35(38)39/h3-15H,1-2H3. The highest BCUT2D eigenvalue weighted by Crippen LogP contribution is 2.42. The Kier molecular flexibility index (Phi) is 7.13. The van der Waals surface area contributed by atoms with E-state index in [9.17, 15) is 28.6 Å². The zero-order valence-corrected chi connectivity index (χ0v) is 24.0. The van der Waals surface area contributed by atoms with Gasteiger partial charge in [-0.3, -0.25) is 25.2 Å². The molecule has 0 N–H and O–H groups in total. The van der Waals surface area contributed by atoms with Crippen molar-refractivity contribution in [2.24, 2.45) is 0 Å². The van der Waals surface area contributed by atoms with Crippen LogP contribution >= 0.6 is 0 Å². The molecule has 16 nitrogen and oxygen atoms in total. The number of sulfone groups is 1. The topological polar surface area (TPSA) is 208 Å². The zero-order valence-electron chi connectivity index (χ0n) is 23.2. The molecule has 4 aromatic heterocycles. The second-order valence-corrected chi connectivity index (χ2v) is 11.2. The molecule has 6 aromatic rings. The summed E-state index contributed by atoms with van der Waals surface area (Å²) in [6.07, 6.45) is 6.09. The normalized spacial score (nSPS) is 11.4. The van der Waals surface area contributed by atoms with E-state index < -0.39 is 46.6 Å². The minimum atomic E-state index is -4.80. The van der Waals surface area contributed by atoms with Crippen LogP contribution in [0.3, 0.4) is 0 Å². The SMILES string of the molecule is COc1ccc(-c2cc(-c3nn4cc(-c5ccncc5)cnc4c3S(=O)(=O)c3cc([N+](=O)[O-])c(OC)c([N+](=O)[O-])c3)on2)cc1. The number of nitro groups is 2. The maximum Gasteiger partial charge on any atom is 0.319 e. The number of hydrogen-bond donors (Lipinski definition) is 0. The van der Waals surface area contributed by atoms with Crippen molar-refractivity contribution in [2.45, 2.75) is 9.79 Å². The van der Waals surface area contributed by atoms with Crippen molar-refractivity contribution < 1.29 is 32.3 Å². The fraction of sp³-hybridized carbons (Fsp3) is 0.0714. The first-order chi connectivity index (χ1) is 21.6. The molecule has 17 heteroatoms. The second-order valence-electron chi connectivity index (χ2n) is 9.34. The van der Waals surface area contributed by atoms with E-state index in [1.54, 1.807) is 48.8 Å². The predicted molar refractivity (Wildman–Crippen MR) is 155 cm³/mol. The van der Waals surface area contributed by atoms with Crippen LogP contribution in [-0.2, 0) is 9.84 Å². The number of rotatable bonds is 9. The van der Waals surface area contributed by atoms with Gasteiger partial charge in [0, 0.05) is 54.1 Å². The molecule has 6 rings (SSSR count). The lowest BCUT2D eigenvalue weighted by atomic mass is 10.1. The highest BCUT2D eigenvalue weighted by molar-refractivity contribution is 7.91. The first-order valence-corrected chi connectivity index (χ1v) is 14.3.